The zero-order valence-corrected chi connectivity index (χ0v) is 16.4. The fourth-order valence-corrected chi connectivity index (χ4v) is 2.59. The van der Waals surface area contributed by atoms with Crippen molar-refractivity contribution >= 4 is 29.5 Å². The van der Waals surface area contributed by atoms with Crippen molar-refractivity contribution in [2.24, 2.45) is 0 Å². The lowest BCUT2D eigenvalue weighted by Gasteiger charge is -2.19. The zero-order chi connectivity index (χ0) is 20.9. The Morgan fingerprint density at radius 2 is 1.86 bits per heavy atom. The van der Waals surface area contributed by atoms with Crippen LogP contribution in [0.15, 0.2) is 24.3 Å². The number of urea groups is 1. The number of anilines is 1. The first-order valence-corrected chi connectivity index (χ1v) is 9.07. The van der Waals surface area contributed by atoms with E-state index in [0.29, 0.717) is 24.5 Å². The van der Waals surface area contributed by atoms with Crippen LogP contribution in [0.1, 0.15) is 34.1 Å². The van der Waals surface area contributed by atoms with Gasteiger partial charge in [-0.05, 0) is 51.5 Å². The third-order valence-electron chi connectivity index (χ3n) is 4.45. The van der Waals surface area contributed by atoms with Crippen LogP contribution in [0.4, 0.5) is 10.5 Å². The van der Waals surface area contributed by atoms with E-state index in [-0.39, 0.29) is 0 Å². The maximum absolute atomic E-state index is 12.3. The summed E-state index contributed by atoms with van der Waals surface area (Å²) in [5, 5.41) is 5.17. The number of ether oxygens (including phenoxy) is 2. The van der Waals surface area contributed by atoms with E-state index in [4.69, 9.17) is 9.47 Å². The van der Waals surface area contributed by atoms with Crippen LogP contribution in [0, 0.1) is 0 Å². The van der Waals surface area contributed by atoms with Crippen molar-refractivity contribution in [2.75, 3.05) is 18.5 Å². The first kappa shape index (κ1) is 21.2. The number of nitrogens with zero attached hydrogens (tertiary/aromatic N) is 1. The van der Waals surface area contributed by atoms with Crippen LogP contribution in [0.3, 0.4) is 0 Å². The van der Waals surface area contributed by atoms with Crippen molar-refractivity contribution in [2.45, 2.75) is 45.8 Å². The van der Waals surface area contributed by atoms with Gasteiger partial charge in [-0.2, -0.15) is 0 Å². The molecule has 0 radical (unpaired) electrons. The molecule has 152 valence electrons. The average Bonchev–Trinajstić information content (AvgIpc) is 2.87. The Kier molecular flexibility index (Phi) is 6.61. The van der Waals surface area contributed by atoms with Gasteiger partial charge in [0.1, 0.15) is 17.8 Å². The van der Waals surface area contributed by atoms with E-state index in [1.807, 2.05) is 6.92 Å². The van der Waals surface area contributed by atoms with E-state index in [2.05, 4.69) is 10.6 Å². The van der Waals surface area contributed by atoms with Gasteiger partial charge in [0.25, 0.3) is 11.8 Å². The summed E-state index contributed by atoms with van der Waals surface area (Å²) in [6, 6.07) is 6.08. The molecule has 9 nitrogen and oxygen atoms in total. The summed E-state index contributed by atoms with van der Waals surface area (Å²) in [4.78, 5) is 49.3. The minimum Gasteiger partial charge on any atom is -0.494 e. The second kappa shape index (κ2) is 8.73. The van der Waals surface area contributed by atoms with E-state index < -0.39 is 42.0 Å². The van der Waals surface area contributed by atoms with Crippen molar-refractivity contribution in [1.29, 1.82) is 0 Å². The molecule has 1 aromatic rings. The SMILES string of the molecule is CCOc1ccc(NC(=O)[C@H](C)OC(=O)CN2C(=O)N[C@](C)(CC)C2=O)cc1. The van der Waals surface area contributed by atoms with Crippen LogP contribution >= 0.6 is 0 Å². The van der Waals surface area contributed by atoms with E-state index in [1.165, 1.54) is 6.92 Å². The zero-order valence-electron chi connectivity index (χ0n) is 16.4. The number of esters is 1. The first-order valence-electron chi connectivity index (χ1n) is 9.07. The van der Waals surface area contributed by atoms with Crippen LogP contribution in [0.5, 0.6) is 5.75 Å². The topological polar surface area (TPSA) is 114 Å². The molecule has 1 saturated heterocycles. The highest BCUT2D eigenvalue weighted by molar-refractivity contribution is 6.08. The fourth-order valence-electron chi connectivity index (χ4n) is 2.59. The third-order valence-corrected chi connectivity index (χ3v) is 4.45. The molecule has 0 aliphatic carbocycles. The molecule has 1 aliphatic heterocycles. The van der Waals surface area contributed by atoms with Crippen molar-refractivity contribution in [1.82, 2.24) is 10.2 Å². The molecule has 0 unspecified atom stereocenters. The molecule has 0 bridgehead atoms. The molecule has 2 rings (SSSR count). The molecule has 28 heavy (non-hydrogen) atoms. The van der Waals surface area contributed by atoms with Gasteiger partial charge in [0.2, 0.25) is 0 Å². The van der Waals surface area contributed by atoms with E-state index in [0.717, 1.165) is 4.90 Å². The molecule has 0 saturated carbocycles. The van der Waals surface area contributed by atoms with E-state index in [1.54, 1.807) is 38.1 Å². The monoisotopic (exact) mass is 391 g/mol. The summed E-state index contributed by atoms with van der Waals surface area (Å²) >= 11 is 0. The summed E-state index contributed by atoms with van der Waals surface area (Å²) < 4.78 is 10.4. The lowest BCUT2D eigenvalue weighted by molar-refractivity contribution is -0.155. The highest BCUT2D eigenvalue weighted by Gasteiger charge is 2.47. The summed E-state index contributed by atoms with van der Waals surface area (Å²) in [6.45, 7) is 6.60. The number of hydrogen-bond donors (Lipinski definition) is 2. The van der Waals surface area contributed by atoms with E-state index in [9.17, 15) is 19.2 Å². The van der Waals surface area contributed by atoms with E-state index >= 15 is 0 Å². The van der Waals surface area contributed by atoms with Gasteiger partial charge in [-0.1, -0.05) is 6.92 Å². The molecule has 2 atom stereocenters. The van der Waals surface area contributed by atoms with Gasteiger partial charge in [0.15, 0.2) is 6.10 Å². The normalized spacial score (nSPS) is 19.8. The number of hydrogen-bond acceptors (Lipinski definition) is 6. The molecule has 1 aliphatic rings. The van der Waals surface area contributed by atoms with Gasteiger partial charge in [0, 0.05) is 5.69 Å². The van der Waals surface area contributed by atoms with Gasteiger partial charge in [0.05, 0.1) is 6.61 Å². The number of imide groups is 1. The number of amides is 4. The van der Waals surface area contributed by atoms with Crippen LogP contribution in [0.25, 0.3) is 0 Å². The fraction of sp³-hybridized carbons (Fsp3) is 0.474. The van der Waals surface area contributed by atoms with Crippen LogP contribution < -0.4 is 15.4 Å². The Morgan fingerprint density at radius 1 is 1.21 bits per heavy atom. The molecular weight excluding hydrogens is 366 g/mol. The minimum absolute atomic E-state index is 0.393. The molecule has 1 heterocycles. The lowest BCUT2D eigenvalue weighted by Crippen LogP contribution is -2.44. The predicted octanol–water partition coefficient (Wildman–Crippen LogP) is 1.68. The molecule has 9 heteroatoms. The van der Waals surface area contributed by atoms with Crippen LogP contribution in [-0.4, -0.2) is 53.5 Å². The second-order valence-electron chi connectivity index (χ2n) is 6.59. The van der Waals surface area contributed by atoms with Crippen molar-refractivity contribution in [3.8, 4) is 5.75 Å². The van der Waals surface area contributed by atoms with Crippen LogP contribution in [0.2, 0.25) is 0 Å². The predicted molar refractivity (Wildman–Crippen MR) is 101 cm³/mol. The van der Waals surface area contributed by atoms with Gasteiger partial charge in [-0.25, -0.2) is 4.79 Å². The molecule has 0 aromatic heterocycles. The maximum atomic E-state index is 12.3. The number of nitrogens with one attached hydrogen (secondary N) is 2. The summed E-state index contributed by atoms with van der Waals surface area (Å²) in [7, 11) is 0. The summed E-state index contributed by atoms with van der Waals surface area (Å²) in [5.41, 5.74) is -0.516. The lowest BCUT2D eigenvalue weighted by atomic mass is 9.99. The van der Waals surface area contributed by atoms with Crippen molar-refractivity contribution in [3.05, 3.63) is 24.3 Å². The smallest absolute Gasteiger partial charge is 0.327 e. The molecular formula is C19H25N3O6. The van der Waals surface area contributed by atoms with Crippen molar-refractivity contribution in [3.63, 3.8) is 0 Å². The largest absolute Gasteiger partial charge is 0.494 e. The highest BCUT2D eigenvalue weighted by Crippen LogP contribution is 2.21. The molecule has 1 aromatic carbocycles. The molecule has 4 amide bonds. The van der Waals surface area contributed by atoms with Gasteiger partial charge in [-0.15, -0.1) is 0 Å². The number of carbonyl (C=O) groups excluding carboxylic acids is 4. The van der Waals surface area contributed by atoms with Crippen molar-refractivity contribution < 1.29 is 28.7 Å². The van der Waals surface area contributed by atoms with Gasteiger partial charge < -0.3 is 20.1 Å². The Balaban J connectivity index is 1.88. The highest BCUT2D eigenvalue weighted by atomic mass is 16.5. The third kappa shape index (κ3) is 4.79. The second-order valence-corrected chi connectivity index (χ2v) is 6.59. The number of carbonyl (C=O) groups is 4. The summed E-state index contributed by atoms with van der Waals surface area (Å²) in [6.07, 6.45) is -0.707. The first-order chi connectivity index (χ1) is 13.2. The standard InChI is InChI=1S/C19H25N3O6/c1-5-19(4)17(25)22(18(26)21-19)11-15(23)28-12(3)16(24)20-13-7-9-14(10-8-13)27-6-2/h7-10,12H,5-6,11H2,1-4H3,(H,20,24)(H,21,26)/t12-,19+/m0/s1. The molecule has 2 N–H and O–H groups in total. The number of benzene rings is 1. The molecule has 1 fully saturated rings. The quantitative estimate of drug-likeness (QED) is 0.515. The Hall–Kier alpha value is -3.10. The maximum Gasteiger partial charge on any atom is 0.327 e. The Morgan fingerprint density at radius 3 is 2.39 bits per heavy atom. The Labute approximate surface area is 163 Å². The molecule has 0 spiro atoms. The number of rotatable bonds is 8. The van der Waals surface area contributed by atoms with Gasteiger partial charge in [-0.3, -0.25) is 19.3 Å². The average molecular weight is 391 g/mol. The Bertz CT molecular complexity index is 763. The summed E-state index contributed by atoms with van der Waals surface area (Å²) in [5.74, 6) is -1.21. The van der Waals surface area contributed by atoms with Gasteiger partial charge >= 0.3 is 12.0 Å². The minimum atomic E-state index is -1.10. The van der Waals surface area contributed by atoms with Crippen LogP contribution in [-0.2, 0) is 19.1 Å².